The fourth-order valence-corrected chi connectivity index (χ4v) is 2.53. The second kappa shape index (κ2) is 10.6. The van der Waals surface area contributed by atoms with Crippen LogP contribution in [0.5, 0.6) is 0 Å². The summed E-state index contributed by atoms with van der Waals surface area (Å²) in [6.07, 6.45) is 8.99. The van der Waals surface area contributed by atoms with Crippen LogP contribution in [-0.2, 0) is 14.3 Å². The second-order valence-corrected chi connectivity index (χ2v) is 5.84. The fourth-order valence-electron chi connectivity index (χ4n) is 2.53. The molecule has 122 valence electrons. The van der Waals surface area contributed by atoms with Crippen LogP contribution in [0.4, 0.5) is 0 Å². The number of aliphatic hydroxyl groups is 1. The molecule has 0 radical (unpaired) electrons. The van der Waals surface area contributed by atoms with Gasteiger partial charge in [0.25, 0.3) is 0 Å². The molecule has 2 unspecified atom stereocenters. The molecular formula is C16H29NO4. The molecule has 1 heterocycles. The van der Waals surface area contributed by atoms with Gasteiger partial charge in [-0.15, -0.1) is 0 Å². The minimum Gasteiger partial charge on any atom is -0.464 e. The molecule has 2 N–H and O–H groups in total. The molecule has 0 bridgehead atoms. The van der Waals surface area contributed by atoms with Crippen molar-refractivity contribution in [2.24, 2.45) is 0 Å². The first-order chi connectivity index (χ1) is 10.1. The molecule has 2 atom stereocenters. The molecule has 0 aromatic heterocycles. The summed E-state index contributed by atoms with van der Waals surface area (Å²) in [4.78, 5) is 22.9. The minimum absolute atomic E-state index is 0.0691. The molecule has 5 nitrogen and oxygen atoms in total. The van der Waals surface area contributed by atoms with Gasteiger partial charge in [-0.2, -0.15) is 0 Å². The minimum atomic E-state index is -0.613. The lowest BCUT2D eigenvalue weighted by atomic mass is 10.0. The van der Waals surface area contributed by atoms with Gasteiger partial charge < -0.3 is 15.2 Å². The number of cyclic esters (lactones) is 1. The number of aliphatic hydroxyl groups excluding tert-OH is 1. The monoisotopic (exact) mass is 299 g/mol. The van der Waals surface area contributed by atoms with Crippen LogP contribution in [0.1, 0.15) is 71.1 Å². The van der Waals surface area contributed by atoms with E-state index in [1.165, 1.54) is 32.1 Å². The van der Waals surface area contributed by atoms with Crippen molar-refractivity contribution in [3.05, 3.63) is 0 Å². The highest BCUT2D eigenvalue weighted by Gasteiger charge is 2.28. The Hall–Kier alpha value is -1.10. The first-order valence-electron chi connectivity index (χ1n) is 8.27. The summed E-state index contributed by atoms with van der Waals surface area (Å²) >= 11 is 0. The first kappa shape index (κ1) is 18.0. The first-order valence-corrected chi connectivity index (χ1v) is 8.27. The Balaban J connectivity index is 2.00. The van der Waals surface area contributed by atoms with Crippen molar-refractivity contribution in [2.45, 2.75) is 83.3 Å². The van der Waals surface area contributed by atoms with Gasteiger partial charge in [0.05, 0.1) is 19.1 Å². The Kier molecular flexibility index (Phi) is 9.06. The van der Waals surface area contributed by atoms with Crippen molar-refractivity contribution in [3.8, 4) is 0 Å². The maximum Gasteiger partial charge on any atom is 0.328 e. The zero-order valence-electron chi connectivity index (χ0n) is 13.1. The highest BCUT2D eigenvalue weighted by molar-refractivity contribution is 5.85. The summed E-state index contributed by atoms with van der Waals surface area (Å²) in [7, 11) is 0. The number of nitrogens with one attached hydrogen (secondary N) is 1. The Morgan fingerprint density at radius 1 is 1.29 bits per heavy atom. The van der Waals surface area contributed by atoms with Gasteiger partial charge in [0.15, 0.2) is 0 Å². The van der Waals surface area contributed by atoms with Crippen LogP contribution in [-0.4, -0.2) is 35.7 Å². The van der Waals surface area contributed by atoms with Crippen LogP contribution in [0.25, 0.3) is 0 Å². The van der Waals surface area contributed by atoms with Crippen LogP contribution in [0.2, 0.25) is 0 Å². The molecule has 0 spiro atoms. The summed E-state index contributed by atoms with van der Waals surface area (Å²) < 4.78 is 4.77. The maximum atomic E-state index is 11.7. The second-order valence-electron chi connectivity index (χ2n) is 5.84. The molecule has 1 fully saturated rings. The number of ether oxygens (including phenoxy) is 1. The molecule has 1 rings (SSSR count). The topological polar surface area (TPSA) is 75.6 Å². The Bertz CT molecular complexity index is 319. The molecular weight excluding hydrogens is 270 g/mol. The zero-order valence-corrected chi connectivity index (χ0v) is 13.1. The molecule has 21 heavy (non-hydrogen) atoms. The summed E-state index contributed by atoms with van der Waals surface area (Å²) in [5.41, 5.74) is 0. The van der Waals surface area contributed by atoms with E-state index >= 15 is 0 Å². The van der Waals surface area contributed by atoms with Crippen LogP contribution in [0.15, 0.2) is 0 Å². The lowest BCUT2D eigenvalue weighted by molar-refractivity contribution is -0.141. The molecule has 0 saturated carbocycles. The van der Waals surface area contributed by atoms with E-state index in [1.54, 1.807) is 0 Å². The van der Waals surface area contributed by atoms with Gasteiger partial charge in [0.1, 0.15) is 6.04 Å². The van der Waals surface area contributed by atoms with Gasteiger partial charge in [-0.3, -0.25) is 4.79 Å². The molecule has 1 aliphatic heterocycles. The molecule has 5 heteroatoms. The van der Waals surface area contributed by atoms with E-state index < -0.39 is 12.1 Å². The van der Waals surface area contributed by atoms with Gasteiger partial charge in [-0.25, -0.2) is 4.79 Å². The fraction of sp³-hybridized carbons (Fsp3) is 0.875. The van der Waals surface area contributed by atoms with Gasteiger partial charge in [0.2, 0.25) is 5.91 Å². The third kappa shape index (κ3) is 8.05. The normalized spacial score (nSPS) is 19.3. The Morgan fingerprint density at radius 2 is 1.95 bits per heavy atom. The predicted octanol–water partition coefficient (Wildman–Crippen LogP) is 2.31. The number of esters is 1. The quantitative estimate of drug-likeness (QED) is 0.453. The van der Waals surface area contributed by atoms with E-state index in [-0.39, 0.29) is 18.3 Å². The maximum absolute atomic E-state index is 11.7. The van der Waals surface area contributed by atoms with E-state index in [0.29, 0.717) is 19.4 Å². The molecule has 0 aromatic rings. The third-order valence-corrected chi connectivity index (χ3v) is 3.83. The number of unbranched alkanes of at least 4 members (excludes halogenated alkanes) is 6. The predicted molar refractivity (Wildman–Crippen MR) is 80.7 cm³/mol. The number of amides is 1. The number of carbonyl (C=O) groups is 2. The largest absolute Gasteiger partial charge is 0.464 e. The molecule has 1 saturated heterocycles. The third-order valence-electron chi connectivity index (χ3n) is 3.83. The highest BCUT2D eigenvalue weighted by Crippen LogP contribution is 2.12. The van der Waals surface area contributed by atoms with Gasteiger partial charge in [-0.1, -0.05) is 51.9 Å². The molecule has 1 amide bonds. The van der Waals surface area contributed by atoms with Crippen LogP contribution in [0, 0.1) is 0 Å². The lowest BCUT2D eigenvalue weighted by Crippen LogP contribution is -2.39. The summed E-state index contributed by atoms with van der Waals surface area (Å²) in [6, 6.07) is -0.525. The van der Waals surface area contributed by atoms with Crippen LogP contribution in [0.3, 0.4) is 0 Å². The summed E-state index contributed by atoms with van der Waals surface area (Å²) in [5, 5.41) is 12.4. The number of hydrogen-bond acceptors (Lipinski definition) is 4. The van der Waals surface area contributed by atoms with E-state index in [9.17, 15) is 14.7 Å². The van der Waals surface area contributed by atoms with Crippen molar-refractivity contribution in [1.82, 2.24) is 5.32 Å². The zero-order chi connectivity index (χ0) is 15.5. The standard InChI is InChI=1S/C16H29NO4/c1-2-3-4-5-6-7-8-9-13(18)12-15(19)17-14-10-11-21-16(14)20/h13-14,18H,2-12H2,1H3,(H,17,19). The molecule has 0 aliphatic carbocycles. The average Bonchev–Trinajstić information content (AvgIpc) is 2.83. The number of hydrogen-bond donors (Lipinski definition) is 2. The lowest BCUT2D eigenvalue weighted by Gasteiger charge is -2.12. The highest BCUT2D eigenvalue weighted by atomic mass is 16.5. The van der Waals surface area contributed by atoms with E-state index in [4.69, 9.17) is 4.74 Å². The summed E-state index contributed by atoms with van der Waals surface area (Å²) in [5.74, 6) is -0.640. The van der Waals surface area contributed by atoms with E-state index in [0.717, 1.165) is 12.8 Å². The summed E-state index contributed by atoms with van der Waals surface area (Å²) in [6.45, 7) is 2.57. The van der Waals surface area contributed by atoms with Crippen molar-refractivity contribution >= 4 is 11.9 Å². The van der Waals surface area contributed by atoms with E-state index in [1.807, 2.05) is 0 Å². The van der Waals surface area contributed by atoms with Crippen LogP contribution >= 0.6 is 0 Å². The van der Waals surface area contributed by atoms with Crippen molar-refractivity contribution in [3.63, 3.8) is 0 Å². The Labute approximate surface area is 127 Å². The SMILES string of the molecule is CCCCCCCCCC(O)CC(=O)NC1CCOC1=O. The molecule has 1 aliphatic rings. The van der Waals surface area contributed by atoms with Gasteiger partial charge in [-0.05, 0) is 6.42 Å². The van der Waals surface area contributed by atoms with Crippen molar-refractivity contribution in [2.75, 3.05) is 6.61 Å². The van der Waals surface area contributed by atoms with Crippen molar-refractivity contribution < 1.29 is 19.4 Å². The molecule has 0 aromatic carbocycles. The average molecular weight is 299 g/mol. The number of carbonyl (C=O) groups excluding carboxylic acids is 2. The number of rotatable bonds is 11. The van der Waals surface area contributed by atoms with Crippen LogP contribution < -0.4 is 5.32 Å². The Morgan fingerprint density at radius 3 is 2.57 bits per heavy atom. The van der Waals surface area contributed by atoms with E-state index in [2.05, 4.69) is 12.2 Å². The van der Waals surface area contributed by atoms with Gasteiger partial charge >= 0.3 is 5.97 Å². The van der Waals surface area contributed by atoms with Gasteiger partial charge in [0, 0.05) is 6.42 Å². The smallest absolute Gasteiger partial charge is 0.328 e. The van der Waals surface area contributed by atoms with Crippen molar-refractivity contribution in [1.29, 1.82) is 0 Å².